The van der Waals surface area contributed by atoms with Crippen molar-refractivity contribution in [3.8, 4) is 5.75 Å². The molecule has 2 unspecified atom stereocenters. The van der Waals surface area contributed by atoms with Crippen LogP contribution in [0.2, 0.25) is 5.02 Å². The SMILES string of the molecule is CC(NCC(O)COc1ccc(F)cc1)c1cccc(Cl)c1. The normalized spacial score (nSPS) is 13.6. The summed E-state index contributed by atoms with van der Waals surface area (Å²) >= 11 is 5.96. The molecular weight excluding hydrogens is 305 g/mol. The highest BCUT2D eigenvalue weighted by molar-refractivity contribution is 6.30. The Bertz CT molecular complexity index is 591. The van der Waals surface area contributed by atoms with Crippen LogP contribution in [0.1, 0.15) is 18.5 Å². The average Bonchev–Trinajstić information content (AvgIpc) is 2.52. The molecule has 0 saturated carbocycles. The molecule has 0 amide bonds. The second kappa shape index (κ2) is 8.13. The summed E-state index contributed by atoms with van der Waals surface area (Å²) in [7, 11) is 0. The van der Waals surface area contributed by atoms with Gasteiger partial charge in [0.1, 0.15) is 24.3 Å². The molecule has 118 valence electrons. The minimum Gasteiger partial charge on any atom is -0.491 e. The summed E-state index contributed by atoms with van der Waals surface area (Å²) in [5.41, 5.74) is 1.05. The topological polar surface area (TPSA) is 41.5 Å². The molecule has 0 radical (unpaired) electrons. The van der Waals surface area contributed by atoms with E-state index in [0.717, 1.165) is 5.56 Å². The summed E-state index contributed by atoms with van der Waals surface area (Å²) in [5, 5.41) is 13.8. The molecular formula is C17H19ClFNO2. The summed E-state index contributed by atoms with van der Waals surface area (Å²) in [6.07, 6.45) is -0.660. The Hall–Kier alpha value is -1.62. The van der Waals surface area contributed by atoms with Crippen molar-refractivity contribution in [3.05, 3.63) is 64.9 Å². The van der Waals surface area contributed by atoms with Crippen molar-refractivity contribution in [2.75, 3.05) is 13.2 Å². The first-order valence-corrected chi connectivity index (χ1v) is 7.47. The molecule has 22 heavy (non-hydrogen) atoms. The van der Waals surface area contributed by atoms with E-state index in [2.05, 4.69) is 5.32 Å². The molecule has 3 nitrogen and oxygen atoms in total. The highest BCUT2D eigenvalue weighted by atomic mass is 35.5. The number of benzene rings is 2. The molecule has 0 fully saturated rings. The Morgan fingerprint density at radius 3 is 2.64 bits per heavy atom. The van der Waals surface area contributed by atoms with Gasteiger partial charge < -0.3 is 15.2 Å². The van der Waals surface area contributed by atoms with E-state index in [1.54, 1.807) is 0 Å². The van der Waals surface area contributed by atoms with Crippen LogP contribution in [-0.4, -0.2) is 24.4 Å². The van der Waals surface area contributed by atoms with Gasteiger partial charge in [-0.2, -0.15) is 0 Å². The van der Waals surface area contributed by atoms with E-state index in [4.69, 9.17) is 16.3 Å². The lowest BCUT2D eigenvalue weighted by atomic mass is 10.1. The smallest absolute Gasteiger partial charge is 0.123 e. The Morgan fingerprint density at radius 1 is 1.23 bits per heavy atom. The second-order valence-corrected chi connectivity index (χ2v) is 5.54. The van der Waals surface area contributed by atoms with Crippen LogP contribution in [0.4, 0.5) is 4.39 Å². The lowest BCUT2D eigenvalue weighted by Crippen LogP contribution is -2.33. The summed E-state index contributed by atoms with van der Waals surface area (Å²) < 4.78 is 18.2. The summed E-state index contributed by atoms with van der Waals surface area (Å²) in [5.74, 6) is 0.216. The summed E-state index contributed by atoms with van der Waals surface area (Å²) in [6.45, 7) is 2.52. The zero-order chi connectivity index (χ0) is 15.9. The predicted molar refractivity (Wildman–Crippen MR) is 85.8 cm³/mol. The van der Waals surface area contributed by atoms with E-state index in [9.17, 15) is 9.50 Å². The zero-order valence-electron chi connectivity index (χ0n) is 12.3. The van der Waals surface area contributed by atoms with Crippen LogP contribution in [-0.2, 0) is 0 Å². The fraction of sp³-hybridized carbons (Fsp3) is 0.294. The van der Waals surface area contributed by atoms with Crippen molar-refractivity contribution < 1.29 is 14.2 Å². The maximum absolute atomic E-state index is 12.8. The summed E-state index contributed by atoms with van der Waals surface area (Å²) in [4.78, 5) is 0. The van der Waals surface area contributed by atoms with E-state index in [1.807, 2.05) is 31.2 Å². The number of halogens is 2. The number of ether oxygens (including phenoxy) is 1. The van der Waals surface area contributed by atoms with Gasteiger partial charge in [0.05, 0.1) is 0 Å². The molecule has 2 aromatic carbocycles. The molecule has 0 aliphatic heterocycles. The third-order valence-corrected chi connectivity index (χ3v) is 3.50. The molecule has 0 bridgehead atoms. The standard InChI is InChI=1S/C17H19ClFNO2/c1-12(13-3-2-4-14(18)9-13)20-10-16(21)11-22-17-7-5-15(19)6-8-17/h2-9,12,16,20-21H,10-11H2,1H3. The quantitative estimate of drug-likeness (QED) is 0.818. The van der Waals surface area contributed by atoms with Crippen LogP contribution < -0.4 is 10.1 Å². The maximum Gasteiger partial charge on any atom is 0.123 e. The molecule has 5 heteroatoms. The number of rotatable bonds is 7. The molecule has 0 heterocycles. The van der Waals surface area contributed by atoms with Gasteiger partial charge in [0, 0.05) is 17.6 Å². The molecule has 0 saturated heterocycles. The first kappa shape index (κ1) is 16.7. The molecule has 2 aromatic rings. The second-order valence-electron chi connectivity index (χ2n) is 5.10. The van der Waals surface area contributed by atoms with E-state index in [-0.39, 0.29) is 18.5 Å². The minimum atomic E-state index is -0.660. The lowest BCUT2D eigenvalue weighted by Gasteiger charge is -2.18. The Morgan fingerprint density at radius 2 is 1.95 bits per heavy atom. The number of aliphatic hydroxyl groups is 1. The van der Waals surface area contributed by atoms with Crippen LogP contribution in [0.3, 0.4) is 0 Å². The van der Waals surface area contributed by atoms with Crippen molar-refractivity contribution in [1.29, 1.82) is 0 Å². The highest BCUT2D eigenvalue weighted by Gasteiger charge is 2.10. The van der Waals surface area contributed by atoms with Crippen molar-refractivity contribution in [1.82, 2.24) is 5.32 Å². The Kier molecular flexibility index (Phi) is 6.19. The average molecular weight is 324 g/mol. The van der Waals surface area contributed by atoms with Gasteiger partial charge in [0.2, 0.25) is 0 Å². The van der Waals surface area contributed by atoms with Crippen LogP contribution in [0, 0.1) is 5.82 Å². The molecule has 2 atom stereocenters. The minimum absolute atomic E-state index is 0.0687. The monoisotopic (exact) mass is 323 g/mol. The van der Waals surface area contributed by atoms with Crippen LogP contribution in [0.5, 0.6) is 5.75 Å². The first-order valence-electron chi connectivity index (χ1n) is 7.10. The molecule has 0 aliphatic carbocycles. The van der Waals surface area contributed by atoms with Gasteiger partial charge in [-0.15, -0.1) is 0 Å². The van der Waals surface area contributed by atoms with E-state index in [0.29, 0.717) is 17.3 Å². The maximum atomic E-state index is 12.8. The number of hydrogen-bond acceptors (Lipinski definition) is 3. The first-order chi connectivity index (χ1) is 10.5. The fourth-order valence-corrected chi connectivity index (χ4v) is 2.19. The van der Waals surface area contributed by atoms with Gasteiger partial charge in [-0.3, -0.25) is 0 Å². The predicted octanol–water partition coefficient (Wildman–Crippen LogP) is 3.57. The number of aliphatic hydroxyl groups excluding tert-OH is 1. The zero-order valence-corrected chi connectivity index (χ0v) is 13.1. The molecule has 0 aliphatic rings. The van der Waals surface area contributed by atoms with Gasteiger partial charge in [-0.05, 0) is 48.9 Å². The number of nitrogens with one attached hydrogen (secondary N) is 1. The molecule has 0 spiro atoms. The highest BCUT2D eigenvalue weighted by Crippen LogP contribution is 2.17. The van der Waals surface area contributed by atoms with Gasteiger partial charge in [-0.25, -0.2) is 4.39 Å². The van der Waals surface area contributed by atoms with Crippen molar-refractivity contribution >= 4 is 11.6 Å². The van der Waals surface area contributed by atoms with Crippen molar-refractivity contribution in [2.45, 2.75) is 19.1 Å². The van der Waals surface area contributed by atoms with E-state index < -0.39 is 6.10 Å². The van der Waals surface area contributed by atoms with Gasteiger partial charge in [0.25, 0.3) is 0 Å². The molecule has 2 N–H and O–H groups in total. The van der Waals surface area contributed by atoms with Crippen LogP contribution >= 0.6 is 11.6 Å². The van der Waals surface area contributed by atoms with E-state index in [1.165, 1.54) is 24.3 Å². The van der Waals surface area contributed by atoms with E-state index >= 15 is 0 Å². The van der Waals surface area contributed by atoms with Crippen LogP contribution in [0.25, 0.3) is 0 Å². The van der Waals surface area contributed by atoms with Crippen LogP contribution in [0.15, 0.2) is 48.5 Å². The summed E-state index contributed by atoms with van der Waals surface area (Å²) in [6, 6.07) is 13.4. The number of hydrogen-bond donors (Lipinski definition) is 2. The Balaban J connectivity index is 1.75. The molecule has 0 aromatic heterocycles. The molecule has 2 rings (SSSR count). The van der Waals surface area contributed by atoms with Gasteiger partial charge in [-0.1, -0.05) is 23.7 Å². The third-order valence-electron chi connectivity index (χ3n) is 3.26. The van der Waals surface area contributed by atoms with Gasteiger partial charge >= 0.3 is 0 Å². The van der Waals surface area contributed by atoms with Crippen molar-refractivity contribution in [3.63, 3.8) is 0 Å². The fourth-order valence-electron chi connectivity index (χ4n) is 1.99. The van der Waals surface area contributed by atoms with Crippen molar-refractivity contribution in [2.24, 2.45) is 0 Å². The lowest BCUT2D eigenvalue weighted by molar-refractivity contribution is 0.104. The largest absolute Gasteiger partial charge is 0.491 e. The van der Waals surface area contributed by atoms with Gasteiger partial charge in [0.15, 0.2) is 0 Å². The Labute approximate surface area is 134 Å². The third kappa shape index (κ3) is 5.30.